The molecule has 0 unspecified atom stereocenters. The molecule has 0 radical (unpaired) electrons. The van der Waals surface area contributed by atoms with Crippen molar-refractivity contribution in [2.75, 3.05) is 20.2 Å². The number of methoxy groups -OCH3 is 1. The maximum Gasteiger partial charge on any atom is 1.00 e. The van der Waals surface area contributed by atoms with Crippen LogP contribution < -0.4 is 34.7 Å². The standard InChI is InChI=1S/C10H17NO3.Na/c1-7(2)11-5-4-9(12)8(6-11)10(13)14-3;/h7,12H,4-6H2,1-3H3;/q;+1/p-1. The average Bonchev–Trinajstić information content (AvgIpc) is 2.17. The van der Waals surface area contributed by atoms with Crippen LogP contribution in [0.3, 0.4) is 0 Å². The summed E-state index contributed by atoms with van der Waals surface area (Å²) in [4.78, 5) is 13.3. The van der Waals surface area contributed by atoms with Crippen molar-refractivity contribution in [3.05, 3.63) is 11.3 Å². The molecule has 0 fully saturated rings. The zero-order valence-corrected chi connectivity index (χ0v) is 11.9. The van der Waals surface area contributed by atoms with E-state index < -0.39 is 5.97 Å². The van der Waals surface area contributed by atoms with Crippen LogP contribution in [0.1, 0.15) is 20.3 Å². The minimum absolute atomic E-state index is 0. The summed E-state index contributed by atoms with van der Waals surface area (Å²) in [6, 6.07) is 0.350. The Morgan fingerprint density at radius 1 is 1.53 bits per heavy atom. The smallest absolute Gasteiger partial charge is 0.875 e. The van der Waals surface area contributed by atoms with Crippen LogP contribution in [0.2, 0.25) is 0 Å². The van der Waals surface area contributed by atoms with Crippen LogP contribution >= 0.6 is 0 Å². The third-order valence-electron chi connectivity index (χ3n) is 2.49. The largest absolute Gasteiger partial charge is 1.00 e. The Morgan fingerprint density at radius 3 is 2.60 bits per heavy atom. The van der Waals surface area contributed by atoms with E-state index >= 15 is 0 Å². The minimum atomic E-state index is -0.486. The summed E-state index contributed by atoms with van der Waals surface area (Å²) >= 11 is 0. The molecule has 0 bridgehead atoms. The average molecular weight is 221 g/mol. The van der Waals surface area contributed by atoms with Gasteiger partial charge in [-0.15, -0.1) is 5.76 Å². The molecule has 0 spiro atoms. The molecule has 15 heavy (non-hydrogen) atoms. The minimum Gasteiger partial charge on any atom is -0.875 e. The van der Waals surface area contributed by atoms with Crippen molar-refractivity contribution in [2.24, 2.45) is 0 Å². The summed E-state index contributed by atoms with van der Waals surface area (Å²) in [5.74, 6) is -0.561. The maximum atomic E-state index is 11.4. The molecule has 5 heteroatoms. The summed E-state index contributed by atoms with van der Waals surface area (Å²) in [5.41, 5.74) is 0.285. The Labute approximate surface area is 113 Å². The van der Waals surface area contributed by atoms with Crippen molar-refractivity contribution >= 4 is 5.97 Å². The second-order valence-electron chi connectivity index (χ2n) is 3.71. The van der Waals surface area contributed by atoms with Crippen LogP contribution in [-0.4, -0.2) is 37.1 Å². The van der Waals surface area contributed by atoms with Gasteiger partial charge in [0.1, 0.15) is 0 Å². The molecule has 0 aromatic carbocycles. The van der Waals surface area contributed by atoms with Crippen LogP contribution in [0.25, 0.3) is 0 Å². The molecule has 0 saturated heterocycles. The monoisotopic (exact) mass is 221 g/mol. The van der Waals surface area contributed by atoms with Crippen molar-refractivity contribution in [1.82, 2.24) is 4.90 Å². The molecule has 0 aromatic heterocycles. The zero-order chi connectivity index (χ0) is 10.7. The molecule has 0 N–H and O–H groups in total. The molecule has 80 valence electrons. The molecule has 4 nitrogen and oxygen atoms in total. The Hall–Kier alpha value is -0.0300. The molecule has 1 heterocycles. The molecule has 1 aliphatic heterocycles. The van der Waals surface area contributed by atoms with Crippen molar-refractivity contribution in [3.63, 3.8) is 0 Å². The number of hydrogen-bond acceptors (Lipinski definition) is 4. The fourth-order valence-corrected chi connectivity index (χ4v) is 1.51. The van der Waals surface area contributed by atoms with E-state index in [4.69, 9.17) is 0 Å². The normalized spacial score (nSPS) is 17.6. The van der Waals surface area contributed by atoms with Gasteiger partial charge in [0.2, 0.25) is 0 Å². The van der Waals surface area contributed by atoms with Crippen LogP contribution in [0.4, 0.5) is 0 Å². The van der Waals surface area contributed by atoms with Crippen LogP contribution in [0.5, 0.6) is 0 Å². The fourth-order valence-electron chi connectivity index (χ4n) is 1.51. The number of carbonyl (C=O) groups excluding carboxylic acids is 1. The van der Waals surface area contributed by atoms with Gasteiger partial charge in [0.05, 0.1) is 7.11 Å². The van der Waals surface area contributed by atoms with E-state index in [1.54, 1.807) is 0 Å². The van der Waals surface area contributed by atoms with E-state index in [0.717, 1.165) is 6.54 Å². The first-order valence-electron chi connectivity index (χ1n) is 4.77. The van der Waals surface area contributed by atoms with E-state index in [1.165, 1.54) is 7.11 Å². The van der Waals surface area contributed by atoms with Crippen molar-refractivity contribution in [2.45, 2.75) is 26.3 Å². The summed E-state index contributed by atoms with van der Waals surface area (Å²) in [6.07, 6.45) is 0.419. The molecule has 0 aliphatic carbocycles. The Bertz CT molecular complexity index is 263. The third-order valence-corrected chi connectivity index (χ3v) is 2.49. The Kier molecular flexibility index (Phi) is 6.52. The second-order valence-corrected chi connectivity index (χ2v) is 3.71. The van der Waals surface area contributed by atoms with Gasteiger partial charge in [-0.2, -0.15) is 0 Å². The number of carbonyl (C=O) groups is 1. The number of rotatable bonds is 2. The van der Waals surface area contributed by atoms with Crippen molar-refractivity contribution in [3.8, 4) is 0 Å². The second kappa shape index (κ2) is 6.53. The van der Waals surface area contributed by atoms with Crippen LogP contribution in [0.15, 0.2) is 11.3 Å². The molecular weight excluding hydrogens is 205 g/mol. The molecular formula is C10H16NNaO3. The van der Waals surface area contributed by atoms with Crippen molar-refractivity contribution in [1.29, 1.82) is 0 Å². The van der Waals surface area contributed by atoms with Gasteiger partial charge in [-0.25, -0.2) is 4.79 Å². The number of esters is 1. The SMILES string of the molecule is COC(=O)C1=C([O-])CCN(C(C)C)C1.[Na+]. The Morgan fingerprint density at radius 2 is 2.13 bits per heavy atom. The van der Waals surface area contributed by atoms with Gasteiger partial charge in [-0.05, 0) is 20.3 Å². The predicted octanol–water partition coefficient (Wildman–Crippen LogP) is -3.11. The summed E-state index contributed by atoms with van der Waals surface area (Å²) in [6.45, 7) is 5.25. The zero-order valence-electron chi connectivity index (χ0n) is 9.87. The number of nitrogens with zero attached hydrogens (tertiary/aromatic N) is 1. The predicted molar refractivity (Wildman–Crippen MR) is 50.4 cm³/mol. The summed E-state index contributed by atoms with van der Waals surface area (Å²) in [5, 5.41) is 11.4. The molecule has 0 amide bonds. The van der Waals surface area contributed by atoms with Crippen molar-refractivity contribution < 1.29 is 44.2 Å². The van der Waals surface area contributed by atoms with Gasteiger partial charge in [0.25, 0.3) is 0 Å². The summed E-state index contributed by atoms with van der Waals surface area (Å²) in [7, 11) is 1.30. The maximum absolute atomic E-state index is 11.4. The van der Waals surface area contributed by atoms with E-state index in [9.17, 15) is 9.90 Å². The molecule has 1 rings (SSSR count). The first kappa shape index (κ1) is 15.0. The van der Waals surface area contributed by atoms with E-state index in [-0.39, 0.29) is 40.9 Å². The van der Waals surface area contributed by atoms with Gasteiger partial charge in [-0.3, -0.25) is 4.90 Å². The first-order chi connectivity index (χ1) is 6.56. The quantitative estimate of drug-likeness (QED) is 0.366. The Balaban J connectivity index is 0.00000196. The van der Waals surface area contributed by atoms with Gasteiger partial charge < -0.3 is 9.84 Å². The molecule has 0 atom stereocenters. The van der Waals surface area contributed by atoms with Gasteiger partial charge in [-0.1, -0.05) is 0 Å². The van der Waals surface area contributed by atoms with Gasteiger partial charge in [0, 0.05) is 24.7 Å². The summed E-state index contributed by atoms with van der Waals surface area (Å²) < 4.78 is 4.56. The topological polar surface area (TPSA) is 52.6 Å². The first-order valence-corrected chi connectivity index (χ1v) is 4.77. The fraction of sp³-hybridized carbons (Fsp3) is 0.700. The van der Waals surface area contributed by atoms with Crippen LogP contribution in [-0.2, 0) is 9.53 Å². The van der Waals surface area contributed by atoms with E-state index in [0.29, 0.717) is 19.0 Å². The molecule has 0 saturated carbocycles. The third kappa shape index (κ3) is 3.79. The molecule has 0 aromatic rings. The van der Waals surface area contributed by atoms with Gasteiger partial charge in [0.15, 0.2) is 0 Å². The number of hydrogen-bond donors (Lipinski definition) is 0. The van der Waals surface area contributed by atoms with E-state index in [1.807, 2.05) is 13.8 Å². The molecule has 1 aliphatic rings. The van der Waals surface area contributed by atoms with Gasteiger partial charge >= 0.3 is 35.5 Å². The van der Waals surface area contributed by atoms with E-state index in [2.05, 4.69) is 9.64 Å². The van der Waals surface area contributed by atoms with Crippen LogP contribution in [0, 0.1) is 0 Å². The number of ether oxygens (including phenoxy) is 1.